The molecule has 0 aromatic carbocycles. The summed E-state index contributed by atoms with van der Waals surface area (Å²) in [6.07, 6.45) is 7.04. The van der Waals surface area contributed by atoms with Gasteiger partial charge in [-0.3, -0.25) is 0 Å². The van der Waals surface area contributed by atoms with Crippen molar-refractivity contribution in [1.29, 1.82) is 0 Å². The van der Waals surface area contributed by atoms with E-state index >= 15 is 0 Å². The lowest BCUT2D eigenvalue weighted by atomic mass is 9.88. The largest absolute Gasteiger partial charge is 0.335 e. The van der Waals surface area contributed by atoms with Crippen LogP contribution in [-0.4, -0.2) is 35.6 Å². The summed E-state index contributed by atoms with van der Waals surface area (Å²) in [4.78, 5) is 13.7. The molecule has 92 valence electrons. The zero-order chi connectivity index (χ0) is 11.6. The molecule has 1 saturated carbocycles. The van der Waals surface area contributed by atoms with E-state index in [1.165, 1.54) is 19.3 Å². The fourth-order valence-electron chi connectivity index (χ4n) is 2.59. The van der Waals surface area contributed by atoms with E-state index in [0.717, 1.165) is 19.3 Å². The first-order chi connectivity index (χ1) is 7.63. The molecule has 1 aliphatic carbocycles. The molecule has 2 aliphatic rings. The molecular weight excluding hydrogens is 202 g/mol. The smallest absolute Gasteiger partial charge is 0.317 e. The Labute approximate surface area is 97.6 Å². The van der Waals surface area contributed by atoms with E-state index in [1.54, 1.807) is 0 Å². The second-order valence-corrected chi connectivity index (χ2v) is 5.36. The molecule has 3 N–H and O–H groups in total. The van der Waals surface area contributed by atoms with Crippen LogP contribution in [0.4, 0.5) is 4.79 Å². The highest BCUT2D eigenvalue weighted by Gasteiger charge is 2.40. The van der Waals surface area contributed by atoms with Crippen molar-refractivity contribution in [1.82, 2.24) is 10.2 Å². The normalized spacial score (nSPS) is 25.0. The first kappa shape index (κ1) is 11.7. The highest BCUT2D eigenvalue weighted by Crippen LogP contribution is 2.22. The van der Waals surface area contributed by atoms with E-state index < -0.39 is 0 Å². The summed E-state index contributed by atoms with van der Waals surface area (Å²) >= 11 is 0. The van der Waals surface area contributed by atoms with Crippen molar-refractivity contribution in [2.75, 3.05) is 13.1 Å². The summed E-state index contributed by atoms with van der Waals surface area (Å²) in [5.74, 6) is 0. The maximum Gasteiger partial charge on any atom is 0.317 e. The average molecular weight is 225 g/mol. The van der Waals surface area contributed by atoms with Gasteiger partial charge in [-0.15, -0.1) is 0 Å². The van der Waals surface area contributed by atoms with Crippen LogP contribution in [0.5, 0.6) is 0 Å². The van der Waals surface area contributed by atoms with Crippen molar-refractivity contribution >= 4 is 6.03 Å². The maximum atomic E-state index is 11.9. The molecule has 1 heterocycles. The van der Waals surface area contributed by atoms with Gasteiger partial charge in [-0.1, -0.05) is 26.2 Å². The summed E-state index contributed by atoms with van der Waals surface area (Å²) < 4.78 is 0. The number of hydrogen-bond acceptors (Lipinski definition) is 2. The zero-order valence-corrected chi connectivity index (χ0v) is 10.2. The van der Waals surface area contributed by atoms with Crippen LogP contribution in [0, 0.1) is 0 Å². The van der Waals surface area contributed by atoms with Crippen LogP contribution in [0.1, 0.15) is 45.4 Å². The molecule has 0 aromatic heterocycles. The second kappa shape index (κ2) is 4.62. The van der Waals surface area contributed by atoms with Crippen LogP contribution in [0.15, 0.2) is 0 Å². The summed E-state index contributed by atoms with van der Waals surface area (Å²) in [5, 5.41) is 3.11. The highest BCUT2D eigenvalue weighted by molar-refractivity contribution is 5.75. The van der Waals surface area contributed by atoms with Gasteiger partial charge in [0.05, 0.1) is 5.54 Å². The molecule has 0 atom stereocenters. The minimum Gasteiger partial charge on any atom is -0.335 e. The topological polar surface area (TPSA) is 58.4 Å². The van der Waals surface area contributed by atoms with Gasteiger partial charge in [-0.25, -0.2) is 4.79 Å². The number of urea groups is 1. The Morgan fingerprint density at radius 1 is 1.38 bits per heavy atom. The Kier molecular flexibility index (Phi) is 3.38. The van der Waals surface area contributed by atoms with Crippen molar-refractivity contribution in [3.05, 3.63) is 0 Å². The van der Waals surface area contributed by atoms with Crippen LogP contribution in [0.2, 0.25) is 0 Å². The van der Waals surface area contributed by atoms with Gasteiger partial charge in [-0.2, -0.15) is 0 Å². The highest BCUT2D eigenvalue weighted by atomic mass is 16.2. The van der Waals surface area contributed by atoms with Crippen molar-refractivity contribution < 1.29 is 4.79 Å². The molecule has 2 fully saturated rings. The number of rotatable bonds is 2. The lowest BCUT2D eigenvalue weighted by molar-refractivity contribution is 0.0905. The number of nitrogens with zero attached hydrogens (tertiary/aromatic N) is 1. The Balaban J connectivity index is 1.73. The molecule has 2 amide bonds. The molecule has 1 saturated heterocycles. The molecule has 1 aliphatic heterocycles. The van der Waals surface area contributed by atoms with Gasteiger partial charge in [-0.05, 0) is 19.3 Å². The number of carbonyl (C=O) groups excluding carboxylic acids is 1. The maximum absolute atomic E-state index is 11.9. The number of nitrogens with two attached hydrogens (primary N) is 1. The quantitative estimate of drug-likeness (QED) is 0.747. The van der Waals surface area contributed by atoms with Crippen LogP contribution < -0.4 is 11.1 Å². The predicted octanol–water partition coefficient (Wildman–Crippen LogP) is 1.45. The first-order valence-electron chi connectivity index (χ1n) is 6.47. The first-order valence-corrected chi connectivity index (χ1v) is 6.47. The monoisotopic (exact) mass is 225 g/mol. The lowest BCUT2D eigenvalue weighted by Crippen LogP contribution is -2.70. The number of amides is 2. The van der Waals surface area contributed by atoms with Gasteiger partial charge in [0.2, 0.25) is 0 Å². The van der Waals surface area contributed by atoms with Gasteiger partial charge in [0.1, 0.15) is 0 Å². The van der Waals surface area contributed by atoms with Gasteiger partial charge in [0.25, 0.3) is 0 Å². The average Bonchev–Trinajstić information content (AvgIpc) is 2.26. The van der Waals surface area contributed by atoms with Crippen LogP contribution in [0.25, 0.3) is 0 Å². The number of likely N-dealkylation sites (tertiary alicyclic amines) is 1. The lowest BCUT2D eigenvalue weighted by Gasteiger charge is -2.47. The van der Waals surface area contributed by atoms with Crippen LogP contribution in [0.3, 0.4) is 0 Å². The van der Waals surface area contributed by atoms with E-state index in [1.807, 2.05) is 4.90 Å². The summed E-state index contributed by atoms with van der Waals surface area (Å²) in [7, 11) is 0. The molecule has 0 radical (unpaired) electrons. The standard InChI is InChI=1S/C12H23N3O/c1-2-12(13)8-15(9-12)11(16)14-10-6-4-3-5-7-10/h10H,2-9,13H2,1H3,(H,14,16). The predicted molar refractivity (Wildman–Crippen MR) is 64.2 cm³/mol. The number of carbonyl (C=O) groups is 1. The van der Waals surface area contributed by atoms with E-state index in [4.69, 9.17) is 5.73 Å². The van der Waals surface area contributed by atoms with Crippen LogP contribution >= 0.6 is 0 Å². The fourth-order valence-corrected chi connectivity index (χ4v) is 2.59. The third kappa shape index (κ3) is 2.48. The molecule has 16 heavy (non-hydrogen) atoms. The Morgan fingerprint density at radius 3 is 2.56 bits per heavy atom. The van der Waals surface area contributed by atoms with E-state index in [9.17, 15) is 4.79 Å². The van der Waals surface area contributed by atoms with Gasteiger partial charge in [0.15, 0.2) is 0 Å². The summed E-state index contributed by atoms with van der Waals surface area (Å²) in [6.45, 7) is 3.50. The third-order valence-corrected chi connectivity index (χ3v) is 3.94. The second-order valence-electron chi connectivity index (χ2n) is 5.36. The van der Waals surface area contributed by atoms with Gasteiger partial charge < -0.3 is 16.0 Å². The Morgan fingerprint density at radius 2 is 2.00 bits per heavy atom. The third-order valence-electron chi connectivity index (χ3n) is 3.94. The van der Waals surface area contributed by atoms with Crippen molar-refractivity contribution in [3.63, 3.8) is 0 Å². The summed E-state index contributed by atoms with van der Waals surface area (Å²) in [5.41, 5.74) is 5.92. The zero-order valence-electron chi connectivity index (χ0n) is 10.2. The van der Waals surface area contributed by atoms with Crippen molar-refractivity contribution in [2.45, 2.75) is 57.0 Å². The number of hydrogen-bond donors (Lipinski definition) is 2. The minimum absolute atomic E-state index is 0.0847. The molecule has 0 bridgehead atoms. The molecule has 4 nitrogen and oxygen atoms in total. The van der Waals surface area contributed by atoms with Gasteiger partial charge >= 0.3 is 6.03 Å². The fraction of sp³-hybridized carbons (Fsp3) is 0.917. The van der Waals surface area contributed by atoms with E-state index in [0.29, 0.717) is 19.1 Å². The van der Waals surface area contributed by atoms with E-state index in [2.05, 4.69) is 12.2 Å². The Hall–Kier alpha value is -0.770. The minimum atomic E-state index is -0.121. The van der Waals surface area contributed by atoms with Crippen molar-refractivity contribution in [2.24, 2.45) is 5.73 Å². The molecular formula is C12H23N3O. The molecule has 0 unspecified atom stereocenters. The SMILES string of the molecule is CCC1(N)CN(C(=O)NC2CCCCC2)C1. The molecule has 0 aromatic rings. The van der Waals surface area contributed by atoms with E-state index in [-0.39, 0.29) is 11.6 Å². The van der Waals surface area contributed by atoms with Crippen LogP contribution in [-0.2, 0) is 0 Å². The molecule has 2 rings (SSSR count). The molecule has 4 heteroatoms. The van der Waals surface area contributed by atoms with Crippen molar-refractivity contribution in [3.8, 4) is 0 Å². The molecule has 0 spiro atoms. The Bertz CT molecular complexity index is 255. The number of nitrogens with one attached hydrogen (secondary N) is 1. The van der Waals surface area contributed by atoms with Gasteiger partial charge in [0, 0.05) is 19.1 Å². The summed E-state index contributed by atoms with van der Waals surface area (Å²) in [6, 6.07) is 0.483.